The van der Waals surface area contributed by atoms with E-state index in [1.807, 2.05) is 6.07 Å². The fraction of sp³-hybridized carbons (Fsp3) is 0.435. The molecule has 0 unspecified atom stereocenters. The molecule has 2 aromatic rings. The summed E-state index contributed by atoms with van der Waals surface area (Å²) in [4.78, 5) is 13.6. The smallest absolute Gasteiger partial charge is 0.372 e. The minimum atomic E-state index is -4.28. The lowest BCUT2D eigenvalue weighted by molar-refractivity contribution is -0.137. The zero-order chi connectivity index (χ0) is 20.4. The van der Waals surface area contributed by atoms with Crippen LogP contribution >= 0.6 is 0 Å². The Hall–Kier alpha value is -2.50. The van der Waals surface area contributed by atoms with Gasteiger partial charge in [0.1, 0.15) is 0 Å². The Kier molecular flexibility index (Phi) is 5.52. The molecule has 0 atom stereocenters. The Morgan fingerprint density at radius 3 is 2.45 bits per heavy atom. The summed E-state index contributed by atoms with van der Waals surface area (Å²) in [5.41, 5.74) is 3.59. The molecule has 4 rings (SSSR count). The first-order valence-corrected chi connectivity index (χ1v) is 10.2. The zero-order valence-electron chi connectivity index (χ0n) is 16.3. The van der Waals surface area contributed by atoms with Gasteiger partial charge in [0.25, 0.3) is 0 Å². The molecular weight excluding hydrogens is 377 g/mol. The fourth-order valence-corrected chi connectivity index (χ4v) is 4.37. The van der Waals surface area contributed by atoms with Gasteiger partial charge in [-0.15, -0.1) is 0 Å². The Bertz CT molecular complexity index is 869. The van der Waals surface area contributed by atoms with Crippen molar-refractivity contribution in [2.24, 2.45) is 5.92 Å². The van der Waals surface area contributed by atoms with E-state index < -0.39 is 11.7 Å². The summed E-state index contributed by atoms with van der Waals surface area (Å²) in [6.45, 7) is 1.78. The first-order valence-electron chi connectivity index (χ1n) is 10.2. The van der Waals surface area contributed by atoms with E-state index in [0.717, 1.165) is 62.1 Å². The van der Waals surface area contributed by atoms with Gasteiger partial charge in [0.05, 0.1) is 12.0 Å². The van der Waals surface area contributed by atoms with E-state index in [1.54, 1.807) is 12.1 Å². The van der Waals surface area contributed by atoms with Crippen LogP contribution in [-0.2, 0) is 23.8 Å². The van der Waals surface area contributed by atoms with Crippen molar-refractivity contribution in [1.29, 1.82) is 0 Å². The summed E-state index contributed by atoms with van der Waals surface area (Å²) < 4.78 is 38.1. The molecule has 29 heavy (non-hydrogen) atoms. The molecule has 1 saturated heterocycles. The molecule has 2 aliphatic rings. The summed E-state index contributed by atoms with van der Waals surface area (Å²) in [6.07, 6.45) is 1.63. The highest BCUT2D eigenvalue weighted by atomic mass is 19.4. The minimum absolute atomic E-state index is 0.0666. The number of fused-ring (bicyclic) bond motifs is 1. The van der Waals surface area contributed by atoms with Crippen LogP contribution in [0.25, 0.3) is 0 Å². The minimum Gasteiger partial charge on any atom is -0.372 e. The number of piperidine rings is 1. The van der Waals surface area contributed by atoms with Crippen molar-refractivity contribution >= 4 is 17.3 Å². The molecule has 0 radical (unpaired) electrons. The molecular formula is C23H25F3N2O. The van der Waals surface area contributed by atoms with Crippen molar-refractivity contribution in [3.05, 3.63) is 59.2 Å². The number of halogens is 3. The molecule has 0 spiro atoms. The number of alkyl halides is 3. The van der Waals surface area contributed by atoms with Gasteiger partial charge in [-0.05, 0) is 79.5 Å². The first-order chi connectivity index (χ1) is 13.9. The largest absolute Gasteiger partial charge is 0.416 e. The van der Waals surface area contributed by atoms with Crippen LogP contribution in [0, 0.1) is 5.92 Å². The van der Waals surface area contributed by atoms with E-state index in [2.05, 4.69) is 22.3 Å². The van der Waals surface area contributed by atoms with Crippen LogP contribution in [0.5, 0.6) is 0 Å². The predicted molar refractivity (Wildman–Crippen MR) is 108 cm³/mol. The van der Waals surface area contributed by atoms with Crippen molar-refractivity contribution in [2.75, 3.05) is 23.3 Å². The maximum Gasteiger partial charge on any atom is 0.416 e. The average molecular weight is 402 g/mol. The van der Waals surface area contributed by atoms with E-state index in [-0.39, 0.29) is 5.91 Å². The topological polar surface area (TPSA) is 32.3 Å². The van der Waals surface area contributed by atoms with Crippen LogP contribution in [0.3, 0.4) is 0 Å². The molecule has 2 aliphatic heterocycles. The van der Waals surface area contributed by atoms with Crippen molar-refractivity contribution in [1.82, 2.24) is 0 Å². The van der Waals surface area contributed by atoms with Crippen LogP contribution in [-0.4, -0.2) is 19.0 Å². The average Bonchev–Trinajstić information content (AvgIpc) is 3.07. The lowest BCUT2D eigenvalue weighted by Crippen LogP contribution is -2.33. The molecule has 2 heterocycles. The Morgan fingerprint density at radius 1 is 1.03 bits per heavy atom. The molecule has 0 saturated carbocycles. The monoisotopic (exact) mass is 402 g/mol. The lowest BCUT2D eigenvalue weighted by atomic mass is 9.90. The Balaban J connectivity index is 1.22. The number of nitrogens with zero attached hydrogens (tertiary/aromatic N) is 1. The molecule has 6 heteroatoms. The van der Waals surface area contributed by atoms with Gasteiger partial charge in [-0.1, -0.05) is 12.1 Å². The van der Waals surface area contributed by atoms with Crippen LogP contribution < -0.4 is 10.2 Å². The summed E-state index contributed by atoms with van der Waals surface area (Å²) in [6, 6.07) is 11.7. The van der Waals surface area contributed by atoms with Crippen LogP contribution in [0.2, 0.25) is 0 Å². The summed E-state index contributed by atoms with van der Waals surface area (Å²) in [5.74, 6) is 0.732. The van der Waals surface area contributed by atoms with Crippen LogP contribution in [0.1, 0.15) is 42.4 Å². The van der Waals surface area contributed by atoms with Crippen LogP contribution in [0.15, 0.2) is 42.5 Å². The van der Waals surface area contributed by atoms with E-state index in [0.29, 0.717) is 12.3 Å². The number of benzene rings is 2. The number of carbonyl (C=O) groups excluding carboxylic acids is 1. The van der Waals surface area contributed by atoms with Crippen molar-refractivity contribution in [2.45, 2.75) is 44.7 Å². The number of aryl methyl sites for hydroxylation is 1. The number of nitrogens with one attached hydrogen (secondary N) is 1. The van der Waals surface area contributed by atoms with Gasteiger partial charge in [-0.3, -0.25) is 4.79 Å². The molecule has 1 N–H and O–H groups in total. The number of rotatable bonds is 5. The third-order valence-corrected chi connectivity index (χ3v) is 6.05. The number of hydrogen-bond donors (Lipinski definition) is 1. The number of anilines is 2. The van der Waals surface area contributed by atoms with Gasteiger partial charge in [0.15, 0.2) is 0 Å². The van der Waals surface area contributed by atoms with E-state index in [9.17, 15) is 18.0 Å². The highest BCUT2D eigenvalue weighted by molar-refractivity contribution is 5.99. The lowest BCUT2D eigenvalue weighted by Gasteiger charge is -2.33. The molecule has 3 nitrogen and oxygen atoms in total. The van der Waals surface area contributed by atoms with Crippen LogP contribution in [0.4, 0.5) is 24.5 Å². The molecule has 1 fully saturated rings. The van der Waals surface area contributed by atoms with Crippen molar-refractivity contribution in [3.63, 3.8) is 0 Å². The molecule has 1 amide bonds. The molecule has 0 bridgehead atoms. The third kappa shape index (κ3) is 4.74. The highest BCUT2D eigenvalue weighted by Gasteiger charge is 2.30. The van der Waals surface area contributed by atoms with Gasteiger partial charge >= 0.3 is 6.18 Å². The van der Waals surface area contributed by atoms with Crippen molar-refractivity contribution in [3.8, 4) is 0 Å². The SMILES string of the molecule is O=C1Cc2cc(CCCC3CCN(c4ccc(C(F)(F)F)cc4)CC3)ccc2N1. The second-order valence-corrected chi connectivity index (χ2v) is 8.08. The quantitative estimate of drug-likeness (QED) is 0.722. The third-order valence-electron chi connectivity index (χ3n) is 6.05. The molecule has 0 aromatic heterocycles. The second kappa shape index (κ2) is 8.09. The normalized spacial score (nSPS) is 17.3. The van der Waals surface area contributed by atoms with Gasteiger partial charge in [-0.2, -0.15) is 13.2 Å². The molecule has 2 aromatic carbocycles. The van der Waals surface area contributed by atoms with Gasteiger partial charge < -0.3 is 10.2 Å². The fourth-order valence-electron chi connectivity index (χ4n) is 4.37. The highest BCUT2D eigenvalue weighted by Crippen LogP contribution is 2.32. The van der Waals surface area contributed by atoms with E-state index in [1.165, 1.54) is 17.7 Å². The maximum absolute atomic E-state index is 12.7. The van der Waals surface area contributed by atoms with Crippen molar-refractivity contribution < 1.29 is 18.0 Å². The van der Waals surface area contributed by atoms with Gasteiger partial charge in [-0.25, -0.2) is 0 Å². The maximum atomic E-state index is 12.7. The zero-order valence-corrected chi connectivity index (χ0v) is 16.3. The standard InChI is InChI=1S/C23H25F3N2O/c24-23(25,26)19-5-7-20(8-6-19)28-12-10-16(11-13-28)2-1-3-17-4-9-21-18(14-17)15-22(29)27-21/h4-9,14,16H,1-3,10-13,15H2,(H,27,29). The second-order valence-electron chi connectivity index (χ2n) is 8.08. The molecule has 154 valence electrons. The van der Waals surface area contributed by atoms with E-state index >= 15 is 0 Å². The van der Waals surface area contributed by atoms with E-state index in [4.69, 9.17) is 0 Å². The first kappa shape index (κ1) is 19.8. The molecule has 0 aliphatic carbocycles. The van der Waals surface area contributed by atoms with Gasteiger partial charge in [0.2, 0.25) is 5.91 Å². The summed E-state index contributed by atoms with van der Waals surface area (Å²) >= 11 is 0. The summed E-state index contributed by atoms with van der Waals surface area (Å²) in [5, 5.41) is 2.86. The Morgan fingerprint density at radius 2 is 1.76 bits per heavy atom. The number of hydrogen-bond acceptors (Lipinski definition) is 2. The Labute approximate surface area is 168 Å². The number of carbonyl (C=O) groups is 1. The van der Waals surface area contributed by atoms with Gasteiger partial charge in [0, 0.05) is 24.5 Å². The summed E-state index contributed by atoms with van der Waals surface area (Å²) in [7, 11) is 0. The predicted octanol–water partition coefficient (Wildman–Crippen LogP) is 5.44. The number of amides is 1.